The lowest BCUT2D eigenvalue weighted by Gasteiger charge is -2.09. The molecule has 0 unspecified atom stereocenters. The van der Waals surface area contributed by atoms with E-state index in [-0.39, 0.29) is 18.7 Å². The molecule has 0 saturated carbocycles. The van der Waals surface area contributed by atoms with Gasteiger partial charge in [0.25, 0.3) is 17.3 Å². The van der Waals surface area contributed by atoms with E-state index in [2.05, 4.69) is 25.7 Å². The summed E-state index contributed by atoms with van der Waals surface area (Å²) in [6, 6.07) is 6.39. The van der Waals surface area contributed by atoms with Gasteiger partial charge in [-0.1, -0.05) is 0 Å². The molecule has 0 saturated heterocycles. The van der Waals surface area contributed by atoms with Crippen molar-refractivity contribution in [1.29, 1.82) is 0 Å². The summed E-state index contributed by atoms with van der Waals surface area (Å²) in [5, 5.41) is 31.8. The first-order valence-corrected chi connectivity index (χ1v) is 9.06. The van der Waals surface area contributed by atoms with Crippen molar-refractivity contribution in [3.63, 3.8) is 0 Å². The van der Waals surface area contributed by atoms with Gasteiger partial charge in [-0.3, -0.25) is 25.0 Å². The monoisotopic (exact) mass is 426 g/mol. The van der Waals surface area contributed by atoms with Gasteiger partial charge >= 0.3 is 0 Å². The Morgan fingerprint density at radius 1 is 1.00 bits per heavy atom. The normalized spacial score (nSPS) is 10.5. The highest BCUT2D eigenvalue weighted by atomic mass is 16.6. The van der Waals surface area contributed by atoms with E-state index in [4.69, 9.17) is 0 Å². The SMILES string of the molecule is Cc1cc(C)n(-c2cc(NCCNC(=O)c3cc([N+](=O)[O-])cc([N+](=O)[O-])c3)ncn2)n1. The first kappa shape index (κ1) is 21.3. The topological polar surface area (TPSA) is 171 Å². The van der Waals surface area contributed by atoms with Crippen LogP contribution in [0.15, 0.2) is 36.7 Å². The molecular weight excluding hydrogens is 408 g/mol. The van der Waals surface area contributed by atoms with Crippen molar-refractivity contribution in [2.24, 2.45) is 0 Å². The van der Waals surface area contributed by atoms with Crippen LogP contribution in [-0.2, 0) is 0 Å². The van der Waals surface area contributed by atoms with Crippen molar-refractivity contribution in [2.45, 2.75) is 13.8 Å². The lowest BCUT2D eigenvalue weighted by molar-refractivity contribution is -0.394. The fraction of sp³-hybridized carbons (Fsp3) is 0.222. The van der Waals surface area contributed by atoms with Crippen LogP contribution in [0.1, 0.15) is 21.7 Å². The lowest BCUT2D eigenvalue weighted by atomic mass is 10.1. The number of rotatable bonds is 8. The molecule has 0 aliphatic carbocycles. The summed E-state index contributed by atoms with van der Waals surface area (Å²) in [4.78, 5) is 40.9. The molecule has 2 N–H and O–H groups in total. The summed E-state index contributed by atoms with van der Waals surface area (Å²) >= 11 is 0. The maximum absolute atomic E-state index is 12.3. The van der Waals surface area contributed by atoms with Crippen molar-refractivity contribution in [2.75, 3.05) is 18.4 Å². The highest BCUT2D eigenvalue weighted by Crippen LogP contribution is 2.22. The van der Waals surface area contributed by atoms with Gasteiger partial charge < -0.3 is 10.6 Å². The second-order valence-electron chi connectivity index (χ2n) is 6.54. The summed E-state index contributed by atoms with van der Waals surface area (Å²) in [6.07, 6.45) is 1.38. The van der Waals surface area contributed by atoms with Crippen LogP contribution >= 0.6 is 0 Å². The van der Waals surface area contributed by atoms with Crippen LogP contribution in [0.5, 0.6) is 0 Å². The molecule has 2 aromatic heterocycles. The third-order valence-electron chi connectivity index (χ3n) is 4.18. The number of anilines is 1. The minimum absolute atomic E-state index is 0.147. The summed E-state index contributed by atoms with van der Waals surface area (Å²) in [5.41, 5.74) is 0.537. The van der Waals surface area contributed by atoms with Gasteiger partial charge in [-0.2, -0.15) is 5.10 Å². The van der Waals surface area contributed by atoms with Gasteiger partial charge in [-0.25, -0.2) is 14.6 Å². The number of benzene rings is 1. The van der Waals surface area contributed by atoms with Gasteiger partial charge in [0.15, 0.2) is 5.82 Å². The Bertz CT molecular complexity index is 1130. The summed E-state index contributed by atoms with van der Waals surface area (Å²) in [7, 11) is 0. The summed E-state index contributed by atoms with van der Waals surface area (Å²) in [6.45, 7) is 4.22. The average Bonchev–Trinajstić information content (AvgIpc) is 3.08. The molecule has 3 aromatic rings. The number of aryl methyl sites for hydroxylation is 2. The number of carbonyl (C=O) groups is 1. The molecule has 0 aliphatic rings. The van der Waals surface area contributed by atoms with Crippen molar-refractivity contribution in [3.8, 4) is 5.82 Å². The summed E-state index contributed by atoms with van der Waals surface area (Å²) in [5.74, 6) is 0.424. The number of non-ortho nitro benzene ring substituents is 2. The highest BCUT2D eigenvalue weighted by molar-refractivity contribution is 5.95. The summed E-state index contributed by atoms with van der Waals surface area (Å²) < 4.78 is 1.68. The van der Waals surface area contributed by atoms with E-state index >= 15 is 0 Å². The molecular formula is C18H18N8O5. The number of nitro benzene ring substituents is 2. The fourth-order valence-corrected chi connectivity index (χ4v) is 2.83. The van der Waals surface area contributed by atoms with Crippen molar-refractivity contribution in [3.05, 3.63) is 73.8 Å². The predicted octanol–water partition coefficient (Wildman–Crippen LogP) is 1.94. The van der Waals surface area contributed by atoms with E-state index in [1.165, 1.54) is 6.33 Å². The van der Waals surface area contributed by atoms with E-state index in [9.17, 15) is 25.0 Å². The standard InChI is InChI=1S/C18H18N8O5/c1-11-5-12(2)24(23-11)17-9-16(21-10-22-17)19-3-4-20-18(27)13-6-14(25(28)29)8-15(7-13)26(30)31/h5-10H,3-4H2,1-2H3,(H,20,27)(H,19,21,22). The quantitative estimate of drug-likeness (QED) is 0.310. The first-order chi connectivity index (χ1) is 14.7. The Morgan fingerprint density at radius 2 is 1.68 bits per heavy atom. The van der Waals surface area contributed by atoms with Crippen LogP contribution in [0.3, 0.4) is 0 Å². The van der Waals surface area contributed by atoms with Gasteiger partial charge in [-0.15, -0.1) is 0 Å². The Morgan fingerprint density at radius 3 is 2.26 bits per heavy atom. The smallest absolute Gasteiger partial charge is 0.277 e. The van der Waals surface area contributed by atoms with Gasteiger partial charge in [0.05, 0.1) is 27.2 Å². The third kappa shape index (κ3) is 5.14. The van der Waals surface area contributed by atoms with Crippen LogP contribution in [0.25, 0.3) is 5.82 Å². The van der Waals surface area contributed by atoms with Gasteiger partial charge in [0.2, 0.25) is 0 Å². The fourth-order valence-electron chi connectivity index (χ4n) is 2.83. The van der Waals surface area contributed by atoms with Crippen LogP contribution in [0, 0.1) is 34.1 Å². The number of amides is 1. The van der Waals surface area contributed by atoms with Crippen molar-refractivity contribution >= 4 is 23.1 Å². The molecule has 0 spiro atoms. The van der Waals surface area contributed by atoms with Gasteiger partial charge in [0, 0.05) is 37.0 Å². The molecule has 160 valence electrons. The number of nitro groups is 2. The minimum atomic E-state index is -0.791. The molecule has 13 heteroatoms. The minimum Gasteiger partial charge on any atom is -0.368 e. The Balaban J connectivity index is 1.61. The second-order valence-corrected chi connectivity index (χ2v) is 6.54. The molecule has 0 fully saturated rings. The number of carbonyl (C=O) groups excluding carboxylic acids is 1. The molecule has 3 rings (SSSR count). The number of aromatic nitrogens is 4. The maximum atomic E-state index is 12.3. The zero-order valence-corrected chi connectivity index (χ0v) is 16.6. The molecule has 1 amide bonds. The van der Waals surface area contributed by atoms with E-state index in [0.29, 0.717) is 11.6 Å². The molecule has 1 aromatic carbocycles. The van der Waals surface area contributed by atoms with Gasteiger partial charge in [0.1, 0.15) is 12.1 Å². The number of hydrogen-bond acceptors (Lipinski definition) is 9. The number of nitrogens with one attached hydrogen (secondary N) is 2. The zero-order valence-electron chi connectivity index (χ0n) is 16.6. The van der Waals surface area contributed by atoms with Crippen LogP contribution < -0.4 is 10.6 Å². The Kier molecular flexibility index (Phi) is 6.14. The van der Waals surface area contributed by atoms with Crippen LogP contribution in [0.2, 0.25) is 0 Å². The maximum Gasteiger partial charge on any atom is 0.277 e. The Hall–Kier alpha value is -4.42. The highest BCUT2D eigenvalue weighted by Gasteiger charge is 2.19. The van der Waals surface area contributed by atoms with Crippen LogP contribution in [0.4, 0.5) is 17.2 Å². The second kappa shape index (κ2) is 8.94. The molecule has 31 heavy (non-hydrogen) atoms. The average molecular weight is 426 g/mol. The largest absolute Gasteiger partial charge is 0.368 e. The predicted molar refractivity (Wildman–Crippen MR) is 109 cm³/mol. The van der Waals surface area contributed by atoms with E-state index in [1.54, 1.807) is 10.7 Å². The molecule has 0 atom stereocenters. The van der Waals surface area contributed by atoms with Gasteiger partial charge in [-0.05, 0) is 19.9 Å². The van der Waals surface area contributed by atoms with E-state index in [0.717, 1.165) is 29.6 Å². The van der Waals surface area contributed by atoms with Crippen LogP contribution in [-0.4, -0.2) is 48.6 Å². The van der Waals surface area contributed by atoms with Crippen molar-refractivity contribution < 1.29 is 14.6 Å². The zero-order chi connectivity index (χ0) is 22.5. The molecule has 0 radical (unpaired) electrons. The molecule has 0 bridgehead atoms. The molecule has 13 nitrogen and oxygen atoms in total. The first-order valence-electron chi connectivity index (χ1n) is 9.06. The lowest BCUT2D eigenvalue weighted by Crippen LogP contribution is -2.29. The number of hydrogen-bond donors (Lipinski definition) is 2. The Labute approximate surface area is 175 Å². The molecule has 2 heterocycles. The number of nitrogens with zero attached hydrogens (tertiary/aromatic N) is 6. The van der Waals surface area contributed by atoms with E-state index in [1.807, 2.05) is 19.9 Å². The van der Waals surface area contributed by atoms with Crippen molar-refractivity contribution in [1.82, 2.24) is 25.1 Å². The van der Waals surface area contributed by atoms with E-state index < -0.39 is 27.1 Å². The molecule has 0 aliphatic heterocycles. The third-order valence-corrected chi connectivity index (χ3v) is 4.18.